The Morgan fingerprint density at radius 1 is 1.17 bits per heavy atom. The minimum atomic E-state index is -0.393. The average Bonchev–Trinajstić information content (AvgIpc) is 2.72. The Kier molecular flexibility index (Phi) is 6.43. The standard InChI is InChI=1S/C21H26FN5O2/c1-15(20(28)24-17-6-4-5-16(22)13-17)26-9-11-27(12-10-26)21(29)18-14-23-8-7-19(18)25(2)3/h4-8,13-15H,9-12H2,1-3H3,(H,24,28). The first-order valence-electron chi connectivity index (χ1n) is 9.58. The number of pyridine rings is 1. The molecule has 1 aromatic carbocycles. The van der Waals surface area contributed by atoms with Gasteiger partial charge in [0.05, 0.1) is 17.3 Å². The first kappa shape index (κ1) is 20.7. The largest absolute Gasteiger partial charge is 0.377 e. The molecule has 2 amide bonds. The molecule has 8 heteroatoms. The van der Waals surface area contributed by atoms with Gasteiger partial charge in [0, 0.05) is 58.4 Å². The van der Waals surface area contributed by atoms with E-state index in [9.17, 15) is 14.0 Å². The van der Waals surface area contributed by atoms with Gasteiger partial charge in [-0.2, -0.15) is 0 Å². The fourth-order valence-electron chi connectivity index (χ4n) is 3.40. The molecular weight excluding hydrogens is 373 g/mol. The summed E-state index contributed by atoms with van der Waals surface area (Å²) in [6, 6.07) is 7.27. The van der Waals surface area contributed by atoms with Gasteiger partial charge in [-0.15, -0.1) is 0 Å². The molecule has 1 saturated heterocycles. The van der Waals surface area contributed by atoms with E-state index in [1.165, 1.54) is 12.1 Å². The minimum absolute atomic E-state index is 0.0571. The number of carbonyl (C=O) groups excluding carboxylic acids is 2. The lowest BCUT2D eigenvalue weighted by Gasteiger charge is -2.37. The number of amides is 2. The van der Waals surface area contributed by atoms with Crippen LogP contribution < -0.4 is 10.2 Å². The number of nitrogens with zero attached hydrogens (tertiary/aromatic N) is 4. The maximum absolute atomic E-state index is 13.3. The quantitative estimate of drug-likeness (QED) is 0.834. The molecule has 3 rings (SSSR count). The van der Waals surface area contributed by atoms with Crippen LogP contribution >= 0.6 is 0 Å². The van der Waals surface area contributed by atoms with Gasteiger partial charge in [0.15, 0.2) is 0 Å². The van der Waals surface area contributed by atoms with Crippen molar-refractivity contribution in [1.82, 2.24) is 14.8 Å². The van der Waals surface area contributed by atoms with Crippen LogP contribution in [0.2, 0.25) is 0 Å². The molecular formula is C21H26FN5O2. The van der Waals surface area contributed by atoms with Gasteiger partial charge < -0.3 is 15.1 Å². The molecule has 0 aliphatic carbocycles. The Balaban J connectivity index is 1.58. The second kappa shape index (κ2) is 9.00. The maximum Gasteiger partial charge on any atom is 0.257 e. The van der Waals surface area contributed by atoms with Crippen LogP contribution in [0.25, 0.3) is 0 Å². The summed E-state index contributed by atoms with van der Waals surface area (Å²) in [4.78, 5) is 35.2. The van der Waals surface area contributed by atoms with Crippen LogP contribution in [0, 0.1) is 5.82 Å². The van der Waals surface area contributed by atoms with Crippen molar-refractivity contribution < 1.29 is 14.0 Å². The van der Waals surface area contributed by atoms with E-state index in [0.29, 0.717) is 37.4 Å². The number of piperazine rings is 1. The number of benzene rings is 1. The first-order chi connectivity index (χ1) is 13.9. The molecule has 0 spiro atoms. The van der Waals surface area contributed by atoms with Gasteiger partial charge in [-0.05, 0) is 31.2 Å². The third-order valence-electron chi connectivity index (χ3n) is 5.13. The first-order valence-corrected chi connectivity index (χ1v) is 9.58. The van der Waals surface area contributed by atoms with Crippen molar-refractivity contribution in [3.8, 4) is 0 Å². The highest BCUT2D eigenvalue weighted by Gasteiger charge is 2.29. The van der Waals surface area contributed by atoms with E-state index in [-0.39, 0.29) is 17.9 Å². The molecule has 154 valence electrons. The van der Waals surface area contributed by atoms with Gasteiger partial charge in [-0.25, -0.2) is 4.39 Å². The van der Waals surface area contributed by atoms with E-state index in [0.717, 1.165) is 5.69 Å². The molecule has 0 saturated carbocycles. The monoisotopic (exact) mass is 399 g/mol. The van der Waals surface area contributed by atoms with Crippen LogP contribution in [0.1, 0.15) is 17.3 Å². The second-order valence-corrected chi connectivity index (χ2v) is 7.29. The fraction of sp³-hybridized carbons (Fsp3) is 0.381. The minimum Gasteiger partial charge on any atom is -0.377 e. The molecule has 1 N–H and O–H groups in total. The summed E-state index contributed by atoms with van der Waals surface area (Å²) >= 11 is 0. The number of hydrogen-bond acceptors (Lipinski definition) is 5. The van der Waals surface area contributed by atoms with Crippen LogP contribution in [0.4, 0.5) is 15.8 Å². The number of rotatable bonds is 5. The summed E-state index contributed by atoms with van der Waals surface area (Å²) in [6.45, 7) is 4.04. The lowest BCUT2D eigenvalue weighted by molar-refractivity contribution is -0.121. The van der Waals surface area contributed by atoms with Crippen molar-refractivity contribution in [2.75, 3.05) is 50.5 Å². The predicted molar refractivity (Wildman–Crippen MR) is 111 cm³/mol. The van der Waals surface area contributed by atoms with Crippen molar-refractivity contribution in [3.05, 3.63) is 54.1 Å². The predicted octanol–water partition coefficient (Wildman–Crippen LogP) is 2.07. The molecule has 1 aromatic heterocycles. The number of anilines is 2. The SMILES string of the molecule is CC(C(=O)Nc1cccc(F)c1)N1CCN(C(=O)c2cnccc2N(C)C)CC1. The number of hydrogen-bond donors (Lipinski definition) is 1. The molecule has 1 fully saturated rings. The van der Waals surface area contributed by atoms with Gasteiger partial charge in [-0.1, -0.05) is 6.07 Å². The highest BCUT2D eigenvalue weighted by atomic mass is 19.1. The molecule has 7 nitrogen and oxygen atoms in total. The smallest absolute Gasteiger partial charge is 0.257 e. The number of carbonyl (C=O) groups is 2. The highest BCUT2D eigenvalue weighted by molar-refractivity contribution is 5.99. The summed E-state index contributed by atoms with van der Waals surface area (Å²) in [5, 5.41) is 2.74. The van der Waals surface area contributed by atoms with Crippen LogP contribution in [0.15, 0.2) is 42.7 Å². The van der Waals surface area contributed by atoms with Crippen molar-refractivity contribution >= 4 is 23.2 Å². The van der Waals surface area contributed by atoms with Crippen LogP contribution in [0.5, 0.6) is 0 Å². The van der Waals surface area contributed by atoms with E-state index in [1.54, 1.807) is 29.4 Å². The lowest BCUT2D eigenvalue weighted by atomic mass is 10.1. The van der Waals surface area contributed by atoms with Gasteiger partial charge in [-0.3, -0.25) is 19.5 Å². The van der Waals surface area contributed by atoms with Gasteiger partial charge in [0.2, 0.25) is 5.91 Å². The third kappa shape index (κ3) is 4.89. The topological polar surface area (TPSA) is 68.8 Å². The van der Waals surface area contributed by atoms with E-state index in [2.05, 4.69) is 10.3 Å². The van der Waals surface area contributed by atoms with Gasteiger partial charge in [0.1, 0.15) is 5.82 Å². The molecule has 1 aliphatic heterocycles. The van der Waals surface area contributed by atoms with Crippen LogP contribution in [-0.4, -0.2) is 72.9 Å². The Labute approximate surface area is 170 Å². The maximum atomic E-state index is 13.3. The van der Waals surface area contributed by atoms with E-state index in [1.807, 2.05) is 36.9 Å². The molecule has 0 radical (unpaired) electrons. The van der Waals surface area contributed by atoms with E-state index in [4.69, 9.17) is 0 Å². The van der Waals surface area contributed by atoms with Crippen molar-refractivity contribution in [2.45, 2.75) is 13.0 Å². The number of halogens is 1. The molecule has 1 atom stereocenters. The summed E-state index contributed by atoms with van der Waals surface area (Å²) in [5.41, 5.74) is 1.83. The Hall–Kier alpha value is -3.00. The van der Waals surface area contributed by atoms with E-state index >= 15 is 0 Å². The van der Waals surface area contributed by atoms with Crippen LogP contribution in [-0.2, 0) is 4.79 Å². The number of aromatic nitrogens is 1. The average molecular weight is 399 g/mol. The molecule has 2 heterocycles. The van der Waals surface area contributed by atoms with Crippen molar-refractivity contribution in [2.24, 2.45) is 0 Å². The second-order valence-electron chi connectivity index (χ2n) is 7.29. The fourth-order valence-corrected chi connectivity index (χ4v) is 3.40. The zero-order valence-electron chi connectivity index (χ0n) is 16.9. The van der Waals surface area contributed by atoms with Gasteiger partial charge >= 0.3 is 0 Å². The van der Waals surface area contributed by atoms with E-state index < -0.39 is 5.82 Å². The summed E-state index contributed by atoms with van der Waals surface area (Å²) in [7, 11) is 3.78. The number of nitrogens with one attached hydrogen (secondary N) is 1. The summed E-state index contributed by atoms with van der Waals surface area (Å²) in [5.74, 6) is -0.647. The normalized spacial score (nSPS) is 15.7. The third-order valence-corrected chi connectivity index (χ3v) is 5.13. The molecule has 1 aliphatic rings. The van der Waals surface area contributed by atoms with Gasteiger partial charge in [0.25, 0.3) is 5.91 Å². The Bertz CT molecular complexity index is 881. The van der Waals surface area contributed by atoms with Crippen molar-refractivity contribution in [3.63, 3.8) is 0 Å². The molecule has 29 heavy (non-hydrogen) atoms. The Morgan fingerprint density at radius 2 is 1.90 bits per heavy atom. The zero-order valence-corrected chi connectivity index (χ0v) is 16.9. The summed E-state index contributed by atoms with van der Waals surface area (Å²) in [6.07, 6.45) is 3.27. The van der Waals surface area contributed by atoms with Crippen LogP contribution in [0.3, 0.4) is 0 Å². The molecule has 0 bridgehead atoms. The van der Waals surface area contributed by atoms with Crippen molar-refractivity contribution in [1.29, 1.82) is 0 Å². The lowest BCUT2D eigenvalue weighted by Crippen LogP contribution is -2.54. The zero-order chi connectivity index (χ0) is 21.0. The molecule has 1 unspecified atom stereocenters. The Morgan fingerprint density at radius 3 is 2.55 bits per heavy atom. The molecule has 2 aromatic rings. The summed E-state index contributed by atoms with van der Waals surface area (Å²) < 4.78 is 13.3. The highest BCUT2D eigenvalue weighted by Crippen LogP contribution is 2.20.